The van der Waals surface area contributed by atoms with E-state index in [1.807, 2.05) is 0 Å². The first-order valence-electron chi connectivity index (χ1n) is 5.14. The van der Waals surface area contributed by atoms with Crippen LogP contribution in [-0.4, -0.2) is 17.8 Å². The Morgan fingerprint density at radius 1 is 1.53 bits per heavy atom. The van der Waals surface area contributed by atoms with Gasteiger partial charge >= 0.3 is 0 Å². The van der Waals surface area contributed by atoms with Gasteiger partial charge in [-0.1, -0.05) is 13.8 Å². The van der Waals surface area contributed by atoms with E-state index in [4.69, 9.17) is 10.5 Å². The third-order valence-corrected chi connectivity index (χ3v) is 1.98. The maximum Gasteiger partial charge on any atom is 0.273 e. The second-order valence-electron chi connectivity index (χ2n) is 3.93. The normalized spacial score (nSPS) is 10.9. The van der Waals surface area contributed by atoms with Crippen LogP contribution in [0.25, 0.3) is 0 Å². The van der Waals surface area contributed by atoms with Crippen LogP contribution in [0, 0.1) is 5.92 Å². The van der Waals surface area contributed by atoms with Crippen LogP contribution in [0.5, 0.6) is 0 Å². The molecule has 0 fully saturated rings. The lowest BCUT2D eigenvalue weighted by molar-refractivity contribution is 0.102. The first kappa shape index (κ1) is 11.8. The zero-order chi connectivity index (χ0) is 11.3. The molecule has 4 heteroatoms. The molecule has 0 radical (unpaired) electrons. The number of aromatic nitrogens is 1. The number of pyridine rings is 1. The number of hydrogen-bond donors (Lipinski definition) is 1. The van der Waals surface area contributed by atoms with Gasteiger partial charge < -0.3 is 15.0 Å². The van der Waals surface area contributed by atoms with E-state index in [1.165, 1.54) is 0 Å². The van der Waals surface area contributed by atoms with Gasteiger partial charge in [-0.15, -0.1) is 0 Å². The van der Waals surface area contributed by atoms with E-state index < -0.39 is 0 Å². The summed E-state index contributed by atoms with van der Waals surface area (Å²) < 4.78 is 6.96. The Hall–Kier alpha value is -1.29. The van der Waals surface area contributed by atoms with Crippen molar-refractivity contribution in [1.29, 1.82) is 0 Å². The minimum absolute atomic E-state index is 0.148. The predicted octanol–water partition coefficient (Wildman–Crippen LogP) is 1.10. The van der Waals surface area contributed by atoms with Crippen molar-refractivity contribution in [1.82, 2.24) is 4.57 Å². The molecule has 1 aromatic heterocycles. The molecular weight excluding hydrogens is 192 g/mol. The van der Waals surface area contributed by atoms with Gasteiger partial charge in [0.05, 0.1) is 12.3 Å². The average Bonchev–Trinajstić information content (AvgIpc) is 2.18. The number of ether oxygens (including phenoxy) is 1. The van der Waals surface area contributed by atoms with Crippen LogP contribution in [0.3, 0.4) is 0 Å². The molecule has 0 bridgehead atoms. The van der Waals surface area contributed by atoms with Gasteiger partial charge in [0.2, 0.25) is 0 Å². The zero-order valence-electron chi connectivity index (χ0n) is 9.27. The fourth-order valence-electron chi connectivity index (χ4n) is 1.21. The third-order valence-electron chi connectivity index (χ3n) is 1.98. The van der Waals surface area contributed by atoms with Crippen LogP contribution in [-0.2, 0) is 11.3 Å². The summed E-state index contributed by atoms with van der Waals surface area (Å²) in [6.07, 6.45) is 1.72. The molecule has 1 rings (SSSR count). The van der Waals surface area contributed by atoms with Gasteiger partial charge in [0.25, 0.3) is 5.56 Å². The Kier molecular flexibility index (Phi) is 4.37. The second-order valence-corrected chi connectivity index (χ2v) is 3.93. The average molecular weight is 210 g/mol. The summed E-state index contributed by atoms with van der Waals surface area (Å²) in [4.78, 5) is 11.5. The molecule has 0 aliphatic carbocycles. The van der Waals surface area contributed by atoms with E-state index in [0.717, 1.165) is 6.61 Å². The number of rotatable bonds is 5. The predicted molar refractivity (Wildman–Crippen MR) is 60.8 cm³/mol. The summed E-state index contributed by atoms with van der Waals surface area (Å²) in [7, 11) is 0. The van der Waals surface area contributed by atoms with Crippen molar-refractivity contribution in [3.63, 3.8) is 0 Å². The fraction of sp³-hybridized carbons (Fsp3) is 0.545. The Labute approximate surface area is 89.7 Å². The summed E-state index contributed by atoms with van der Waals surface area (Å²) >= 11 is 0. The van der Waals surface area contributed by atoms with Crippen LogP contribution in [0.15, 0.2) is 23.1 Å². The van der Waals surface area contributed by atoms with E-state index in [0.29, 0.717) is 19.1 Å². The standard InChI is InChI=1S/C11H18N2O2/c1-9(2)8-15-7-6-13-5-3-4-10(12)11(13)14/h3-5,9H,6-8,12H2,1-2H3. The lowest BCUT2D eigenvalue weighted by atomic mass is 10.2. The highest BCUT2D eigenvalue weighted by Gasteiger charge is 1.99. The summed E-state index contributed by atoms with van der Waals surface area (Å²) in [5.74, 6) is 0.516. The molecule has 0 amide bonds. The largest absolute Gasteiger partial charge is 0.394 e. The number of nitrogen functional groups attached to an aromatic ring is 1. The van der Waals surface area contributed by atoms with Gasteiger partial charge in [-0.05, 0) is 18.1 Å². The van der Waals surface area contributed by atoms with Crippen molar-refractivity contribution >= 4 is 5.69 Å². The van der Waals surface area contributed by atoms with E-state index in [2.05, 4.69) is 13.8 Å². The SMILES string of the molecule is CC(C)COCCn1cccc(N)c1=O. The van der Waals surface area contributed by atoms with Crippen molar-refractivity contribution in [3.8, 4) is 0 Å². The van der Waals surface area contributed by atoms with Crippen LogP contribution in [0.1, 0.15) is 13.8 Å². The maximum absolute atomic E-state index is 11.5. The summed E-state index contributed by atoms with van der Waals surface area (Å²) in [5.41, 5.74) is 5.63. The van der Waals surface area contributed by atoms with Crippen LogP contribution < -0.4 is 11.3 Å². The third kappa shape index (κ3) is 3.75. The van der Waals surface area contributed by atoms with Gasteiger partial charge in [-0.2, -0.15) is 0 Å². The Bertz CT molecular complexity index is 358. The number of nitrogens with zero attached hydrogens (tertiary/aromatic N) is 1. The van der Waals surface area contributed by atoms with Gasteiger partial charge in [0.15, 0.2) is 0 Å². The smallest absolute Gasteiger partial charge is 0.273 e. The van der Waals surface area contributed by atoms with Crippen molar-refractivity contribution in [2.45, 2.75) is 20.4 Å². The zero-order valence-corrected chi connectivity index (χ0v) is 9.27. The van der Waals surface area contributed by atoms with Gasteiger partial charge in [-0.25, -0.2) is 0 Å². The van der Waals surface area contributed by atoms with E-state index in [1.54, 1.807) is 22.9 Å². The van der Waals surface area contributed by atoms with Gasteiger partial charge in [-0.3, -0.25) is 4.79 Å². The van der Waals surface area contributed by atoms with Crippen LogP contribution in [0.2, 0.25) is 0 Å². The van der Waals surface area contributed by atoms with E-state index in [9.17, 15) is 4.79 Å². The van der Waals surface area contributed by atoms with Crippen molar-refractivity contribution in [2.75, 3.05) is 18.9 Å². The topological polar surface area (TPSA) is 57.2 Å². The number of nitrogens with two attached hydrogens (primary N) is 1. The van der Waals surface area contributed by atoms with Crippen LogP contribution >= 0.6 is 0 Å². The number of anilines is 1. The molecular formula is C11H18N2O2. The van der Waals surface area contributed by atoms with Crippen molar-refractivity contribution < 1.29 is 4.74 Å². The molecule has 0 aliphatic rings. The minimum Gasteiger partial charge on any atom is -0.394 e. The van der Waals surface area contributed by atoms with Crippen molar-refractivity contribution in [2.24, 2.45) is 5.92 Å². The first-order valence-corrected chi connectivity index (χ1v) is 5.14. The van der Waals surface area contributed by atoms with E-state index in [-0.39, 0.29) is 11.2 Å². The molecule has 15 heavy (non-hydrogen) atoms. The van der Waals surface area contributed by atoms with Crippen molar-refractivity contribution in [3.05, 3.63) is 28.7 Å². The van der Waals surface area contributed by atoms with Gasteiger partial charge in [0.1, 0.15) is 0 Å². The molecule has 0 spiro atoms. The summed E-state index contributed by atoms with van der Waals surface area (Å²) in [6, 6.07) is 3.37. The molecule has 0 saturated heterocycles. The maximum atomic E-state index is 11.5. The monoisotopic (exact) mass is 210 g/mol. The highest BCUT2D eigenvalue weighted by atomic mass is 16.5. The first-order chi connectivity index (χ1) is 7.11. The Balaban J connectivity index is 2.44. The Morgan fingerprint density at radius 2 is 2.27 bits per heavy atom. The molecule has 0 aromatic carbocycles. The highest BCUT2D eigenvalue weighted by molar-refractivity contribution is 5.33. The highest BCUT2D eigenvalue weighted by Crippen LogP contribution is 1.94. The van der Waals surface area contributed by atoms with Gasteiger partial charge in [0, 0.05) is 19.3 Å². The molecule has 0 atom stereocenters. The van der Waals surface area contributed by atoms with E-state index >= 15 is 0 Å². The fourth-order valence-corrected chi connectivity index (χ4v) is 1.21. The quantitative estimate of drug-likeness (QED) is 0.740. The molecule has 2 N–H and O–H groups in total. The summed E-state index contributed by atoms with van der Waals surface area (Å²) in [5, 5.41) is 0. The Morgan fingerprint density at radius 3 is 2.93 bits per heavy atom. The molecule has 1 heterocycles. The molecule has 0 aliphatic heterocycles. The van der Waals surface area contributed by atoms with Crippen LogP contribution in [0.4, 0.5) is 5.69 Å². The molecule has 1 aromatic rings. The molecule has 4 nitrogen and oxygen atoms in total. The lowest BCUT2D eigenvalue weighted by Gasteiger charge is -2.08. The molecule has 0 saturated carbocycles. The molecule has 84 valence electrons. The minimum atomic E-state index is -0.148. The lowest BCUT2D eigenvalue weighted by Crippen LogP contribution is -2.24. The summed E-state index contributed by atoms with van der Waals surface area (Å²) in [6.45, 7) is 5.99. The molecule has 0 unspecified atom stereocenters. The number of hydrogen-bond acceptors (Lipinski definition) is 3. The second kappa shape index (κ2) is 5.56.